The third kappa shape index (κ3) is 3.14. The zero-order valence-corrected chi connectivity index (χ0v) is 12.7. The molecule has 0 aliphatic rings. The van der Waals surface area contributed by atoms with E-state index in [0.29, 0.717) is 16.0 Å². The molecule has 0 unspecified atom stereocenters. The minimum atomic E-state index is -0.130. The average molecular weight is 320 g/mol. The summed E-state index contributed by atoms with van der Waals surface area (Å²) in [6, 6.07) is 5.47. The Morgan fingerprint density at radius 3 is 3.14 bits per heavy atom. The number of nitrogen functional groups attached to an aromatic ring is 1. The van der Waals surface area contributed by atoms with E-state index in [-0.39, 0.29) is 11.7 Å². The first-order valence-electron chi connectivity index (χ1n) is 6.04. The molecule has 0 saturated carbocycles. The molecule has 0 spiro atoms. The number of thioether (sulfide) groups is 1. The van der Waals surface area contributed by atoms with Crippen molar-refractivity contribution < 1.29 is 4.79 Å². The van der Waals surface area contributed by atoms with E-state index in [9.17, 15) is 4.79 Å². The minimum Gasteiger partial charge on any atom is -0.399 e. The Morgan fingerprint density at radius 1 is 1.52 bits per heavy atom. The predicted molar refractivity (Wildman–Crippen MR) is 84.4 cm³/mol. The van der Waals surface area contributed by atoms with Gasteiger partial charge in [0, 0.05) is 12.7 Å². The number of carbonyl (C=O) groups excluding carboxylic acids is 1. The molecule has 108 valence electrons. The van der Waals surface area contributed by atoms with Gasteiger partial charge in [0.25, 0.3) is 0 Å². The molecule has 3 N–H and O–H groups in total. The topological polar surface area (TPSA) is 98.7 Å². The van der Waals surface area contributed by atoms with Crippen LogP contribution in [0, 0.1) is 0 Å². The Balaban J connectivity index is 1.64. The van der Waals surface area contributed by atoms with Crippen LogP contribution >= 0.6 is 23.1 Å². The zero-order chi connectivity index (χ0) is 14.8. The molecule has 9 heteroatoms. The molecule has 0 radical (unpaired) electrons. The van der Waals surface area contributed by atoms with Crippen molar-refractivity contribution in [2.45, 2.75) is 5.16 Å². The maximum absolute atomic E-state index is 11.9. The van der Waals surface area contributed by atoms with E-state index in [1.807, 2.05) is 19.2 Å². The molecule has 0 aliphatic carbocycles. The lowest BCUT2D eigenvalue weighted by molar-refractivity contribution is -0.113. The third-order valence-corrected chi connectivity index (χ3v) is 4.63. The van der Waals surface area contributed by atoms with E-state index in [0.717, 1.165) is 10.2 Å². The van der Waals surface area contributed by atoms with Crippen LogP contribution < -0.4 is 11.1 Å². The number of nitrogens with zero attached hydrogens (tertiary/aromatic N) is 4. The van der Waals surface area contributed by atoms with Gasteiger partial charge in [-0.05, 0) is 18.2 Å². The second-order valence-electron chi connectivity index (χ2n) is 4.31. The summed E-state index contributed by atoms with van der Waals surface area (Å²) in [6.45, 7) is 0. The predicted octanol–water partition coefficient (Wildman–Crippen LogP) is 1.74. The van der Waals surface area contributed by atoms with Crippen molar-refractivity contribution in [3.63, 3.8) is 0 Å². The highest BCUT2D eigenvalue weighted by Gasteiger charge is 2.10. The van der Waals surface area contributed by atoms with Gasteiger partial charge in [-0.1, -0.05) is 23.1 Å². The molecular formula is C12H12N6OS2. The first-order valence-corrected chi connectivity index (χ1v) is 7.85. The van der Waals surface area contributed by atoms with Gasteiger partial charge in [0.05, 0.1) is 16.0 Å². The minimum absolute atomic E-state index is 0.130. The van der Waals surface area contributed by atoms with Crippen molar-refractivity contribution in [3.05, 3.63) is 24.5 Å². The highest BCUT2D eigenvalue weighted by molar-refractivity contribution is 7.99. The Morgan fingerprint density at radius 2 is 2.38 bits per heavy atom. The summed E-state index contributed by atoms with van der Waals surface area (Å²) in [5, 5.41) is 11.7. The van der Waals surface area contributed by atoms with Crippen LogP contribution in [0.1, 0.15) is 0 Å². The van der Waals surface area contributed by atoms with Crippen LogP contribution in [0.4, 0.5) is 10.8 Å². The molecule has 2 aromatic heterocycles. The summed E-state index contributed by atoms with van der Waals surface area (Å²) < 4.78 is 2.71. The van der Waals surface area contributed by atoms with Gasteiger partial charge in [0.1, 0.15) is 6.33 Å². The van der Waals surface area contributed by atoms with Crippen LogP contribution in [0.5, 0.6) is 0 Å². The van der Waals surface area contributed by atoms with Crippen molar-refractivity contribution in [3.8, 4) is 0 Å². The number of rotatable bonds is 4. The molecule has 7 nitrogen and oxygen atoms in total. The van der Waals surface area contributed by atoms with Crippen molar-refractivity contribution in [2.24, 2.45) is 7.05 Å². The van der Waals surface area contributed by atoms with Crippen molar-refractivity contribution >= 4 is 50.0 Å². The zero-order valence-electron chi connectivity index (χ0n) is 11.1. The highest BCUT2D eigenvalue weighted by atomic mass is 32.2. The van der Waals surface area contributed by atoms with Gasteiger partial charge in [-0.3, -0.25) is 4.79 Å². The molecule has 0 aliphatic heterocycles. The molecule has 1 amide bonds. The van der Waals surface area contributed by atoms with E-state index in [1.165, 1.54) is 23.1 Å². The number of carbonyl (C=O) groups is 1. The molecule has 2 heterocycles. The van der Waals surface area contributed by atoms with Crippen LogP contribution in [0.2, 0.25) is 0 Å². The number of hydrogen-bond donors (Lipinski definition) is 2. The Hall–Kier alpha value is -2.13. The van der Waals surface area contributed by atoms with Crippen molar-refractivity contribution in [2.75, 3.05) is 16.8 Å². The number of aryl methyl sites for hydroxylation is 1. The molecular weight excluding hydrogens is 308 g/mol. The van der Waals surface area contributed by atoms with Crippen molar-refractivity contribution in [1.82, 2.24) is 19.7 Å². The summed E-state index contributed by atoms with van der Waals surface area (Å²) >= 11 is 2.73. The Kier molecular flexibility index (Phi) is 3.76. The Labute approximate surface area is 128 Å². The van der Waals surface area contributed by atoms with Gasteiger partial charge in [-0.2, -0.15) is 0 Å². The number of nitrogens with one attached hydrogen (secondary N) is 1. The maximum atomic E-state index is 11.9. The number of anilines is 2. The normalized spacial score (nSPS) is 10.9. The second-order valence-corrected chi connectivity index (χ2v) is 6.28. The number of thiazole rings is 1. The molecule has 0 saturated heterocycles. The number of hydrogen-bond acceptors (Lipinski definition) is 7. The van der Waals surface area contributed by atoms with Gasteiger partial charge in [0.15, 0.2) is 10.3 Å². The van der Waals surface area contributed by atoms with Crippen LogP contribution in [0.15, 0.2) is 29.7 Å². The second kappa shape index (κ2) is 5.70. The molecule has 21 heavy (non-hydrogen) atoms. The smallest absolute Gasteiger partial charge is 0.236 e. The lowest BCUT2D eigenvalue weighted by atomic mass is 10.3. The first kappa shape index (κ1) is 13.8. The first-order chi connectivity index (χ1) is 10.1. The number of fused-ring (bicyclic) bond motifs is 1. The van der Waals surface area contributed by atoms with Gasteiger partial charge in [-0.15, -0.1) is 10.2 Å². The van der Waals surface area contributed by atoms with Gasteiger partial charge in [0.2, 0.25) is 5.91 Å². The summed E-state index contributed by atoms with van der Waals surface area (Å²) in [5.74, 6) is 0.125. The van der Waals surface area contributed by atoms with Crippen LogP contribution in [-0.4, -0.2) is 31.4 Å². The van der Waals surface area contributed by atoms with Gasteiger partial charge in [-0.25, -0.2) is 4.98 Å². The highest BCUT2D eigenvalue weighted by Crippen LogP contribution is 2.27. The van der Waals surface area contributed by atoms with Crippen LogP contribution in [0.25, 0.3) is 10.2 Å². The van der Waals surface area contributed by atoms with Crippen molar-refractivity contribution in [1.29, 1.82) is 0 Å². The molecule has 3 rings (SSSR count). The molecule has 3 aromatic rings. The molecule has 0 bridgehead atoms. The summed E-state index contributed by atoms with van der Waals surface area (Å²) in [6.07, 6.45) is 1.60. The lowest BCUT2D eigenvalue weighted by Gasteiger charge is -2.00. The van der Waals surface area contributed by atoms with E-state index in [4.69, 9.17) is 5.73 Å². The fourth-order valence-electron chi connectivity index (χ4n) is 1.68. The van der Waals surface area contributed by atoms with Gasteiger partial charge < -0.3 is 15.6 Å². The number of aromatic nitrogens is 4. The molecule has 0 atom stereocenters. The third-order valence-electron chi connectivity index (χ3n) is 2.66. The van der Waals surface area contributed by atoms with Crippen LogP contribution in [0.3, 0.4) is 0 Å². The fourth-order valence-corrected chi connectivity index (χ4v) is 3.30. The number of nitrogens with two attached hydrogens (primary N) is 1. The number of benzene rings is 1. The Bertz CT molecular complexity index is 796. The van der Waals surface area contributed by atoms with E-state index in [2.05, 4.69) is 20.5 Å². The number of amides is 1. The summed E-state index contributed by atoms with van der Waals surface area (Å²) in [7, 11) is 1.83. The lowest BCUT2D eigenvalue weighted by Crippen LogP contribution is -2.14. The van der Waals surface area contributed by atoms with E-state index < -0.39 is 0 Å². The quantitative estimate of drug-likeness (QED) is 0.561. The van der Waals surface area contributed by atoms with Crippen LogP contribution in [-0.2, 0) is 11.8 Å². The summed E-state index contributed by atoms with van der Waals surface area (Å²) in [5.41, 5.74) is 7.23. The SMILES string of the molecule is Cn1cnnc1SCC(=O)Nc1nc2ccc(N)cc2s1. The summed E-state index contributed by atoms with van der Waals surface area (Å²) in [4.78, 5) is 16.3. The largest absolute Gasteiger partial charge is 0.399 e. The maximum Gasteiger partial charge on any atom is 0.236 e. The standard InChI is InChI=1S/C12H12N6OS2/c1-18-6-14-17-12(18)20-5-10(19)16-11-15-8-3-2-7(13)4-9(8)21-11/h2-4,6H,5,13H2,1H3,(H,15,16,19). The van der Waals surface area contributed by atoms with E-state index >= 15 is 0 Å². The van der Waals surface area contributed by atoms with E-state index in [1.54, 1.807) is 17.0 Å². The van der Waals surface area contributed by atoms with Gasteiger partial charge >= 0.3 is 0 Å². The average Bonchev–Trinajstić information content (AvgIpc) is 3.01. The fraction of sp³-hybridized carbons (Fsp3) is 0.167. The molecule has 0 fully saturated rings. The monoisotopic (exact) mass is 320 g/mol. The molecule has 1 aromatic carbocycles.